The van der Waals surface area contributed by atoms with Gasteiger partial charge in [-0.2, -0.15) is 5.10 Å². The molecule has 8 heteroatoms. The van der Waals surface area contributed by atoms with Crippen molar-refractivity contribution in [1.29, 1.82) is 0 Å². The van der Waals surface area contributed by atoms with Crippen molar-refractivity contribution in [3.05, 3.63) is 59.4 Å². The van der Waals surface area contributed by atoms with Crippen LogP contribution in [0, 0.1) is 0 Å². The van der Waals surface area contributed by atoms with Gasteiger partial charge in [0.1, 0.15) is 0 Å². The number of nitrogens with one attached hydrogen (secondary N) is 1. The number of hydrogen-bond donors (Lipinski definition) is 1. The van der Waals surface area contributed by atoms with Crippen LogP contribution in [0.5, 0.6) is 0 Å². The molecule has 178 valence electrons. The normalized spacial score (nSPS) is 12.6. The first kappa shape index (κ1) is 24.0. The van der Waals surface area contributed by atoms with Gasteiger partial charge in [0, 0.05) is 30.0 Å². The molecule has 1 N–H and O–H groups in total. The van der Waals surface area contributed by atoms with Gasteiger partial charge in [0.2, 0.25) is 0 Å². The van der Waals surface area contributed by atoms with E-state index in [-0.39, 0.29) is 17.9 Å². The highest BCUT2D eigenvalue weighted by Gasteiger charge is 2.18. The van der Waals surface area contributed by atoms with Crippen molar-refractivity contribution in [3.63, 3.8) is 0 Å². The average Bonchev–Trinajstić information content (AvgIpc) is 3.52. The SMILES string of the molecule is CCN(CC)C(C)CNC(=O)c1cc(-c2cnn3ccc(-c4cccs4)nc23)nc(C(C)C)c1. The molecule has 0 saturated carbocycles. The zero-order chi connectivity index (χ0) is 24.2. The van der Waals surface area contributed by atoms with E-state index in [1.807, 2.05) is 35.8 Å². The van der Waals surface area contributed by atoms with E-state index < -0.39 is 0 Å². The van der Waals surface area contributed by atoms with Crippen LogP contribution in [0.1, 0.15) is 56.6 Å². The lowest BCUT2D eigenvalue weighted by Gasteiger charge is -2.26. The summed E-state index contributed by atoms with van der Waals surface area (Å²) in [6, 6.07) is 10.0. The standard InChI is InChI=1S/C26H32N6OS/c1-6-31(7-2)18(5)15-27-26(33)19-13-22(17(3)4)29-23(14-19)20-16-28-32-11-10-21(30-25(20)32)24-9-8-12-34-24/h8-14,16-18H,6-7,15H2,1-5H3,(H,27,33). The van der Waals surface area contributed by atoms with Crippen molar-refractivity contribution in [2.75, 3.05) is 19.6 Å². The summed E-state index contributed by atoms with van der Waals surface area (Å²) < 4.78 is 1.75. The summed E-state index contributed by atoms with van der Waals surface area (Å²) in [5.74, 6) is 0.0887. The second-order valence-electron chi connectivity index (χ2n) is 8.72. The lowest BCUT2D eigenvalue weighted by molar-refractivity contribution is 0.0938. The van der Waals surface area contributed by atoms with Crippen molar-refractivity contribution < 1.29 is 4.79 Å². The number of thiophene rings is 1. The summed E-state index contributed by atoms with van der Waals surface area (Å²) in [6.07, 6.45) is 3.69. The number of pyridine rings is 1. The first-order chi connectivity index (χ1) is 16.4. The van der Waals surface area contributed by atoms with Gasteiger partial charge >= 0.3 is 0 Å². The summed E-state index contributed by atoms with van der Waals surface area (Å²) >= 11 is 1.65. The maximum atomic E-state index is 13.1. The van der Waals surface area contributed by atoms with Gasteiger partial charge in [0.15, 0.2) is 5.65 Å². The fourth-order valence-corrected chi connectivity index (χ4v) is 4.74. The molecule has 0 aromatic carbocycles. The molecule has 0 spiro atoms. The molecule has 0 saturated heterocycles. The van der Waals surface area contributed by atoms with Gasteiger partial charge < -0.3 is 5.32 Å². The van der Waals surface area contributed by atoms with E-state index in [2.05, 4.69) is 56.0 Å². The highest BCUT2D eigenvalue weighted by molar-refractivity contribution is 7.13. The zero-order valence-electron chi connectivity index (χ0n) is 20.4. The molecule has 1 unspecified atom stereocenters. The monoisotopic (exact) mass is 476 g/mol. The largest absolute Gasteiger partial charge is 0.350 e. The molecule has 7 nitrogen and oxygen atoms in total. The lowest BCUT2D eigenvalue weighted by atomic mass is 10.0. The predicted molar refractivity (Wildman–Crippen MR) is 138 cm³/mol. The molecule has 4 rings (SSSR count). The first-order valence-electron chi connectivity index (χ1n) is 11.8. The van der Waals surface area contributed by atoms with Crippen LogP contribution in [0.2, 0.25) is 0 Å². The van der Waals surface area contributed by atoms with Crippen molar-refractivity contribution in [3.8, 4) is 21.8 Å². The van der Waals surface area contributed by atoms with Gasteiger partial charge in [-0.1, -0.05) is 33.8 Å². The maximum absolute atomic E-state index is 13.1. The number of likely N-dealkylation sites (N-methyl/N-ethyl adjacent to an activating group) is 1. The Morgan fingerprint density at radius 1 is 1.12 bits per heavy atom. The third kappa shape index (κ3) is 5.03. The first-order valence-corrected chi connectivity index (χ1v) is 12.7. The van der Waals surface area contributed by atoms with Crippen LogP contribution in [-0.2, 0) is 0 Å². The van der Waals surface area contributed by atoms with Gasteiger partial charge in [0.25, 0.3) is 5.91 Å². The van der Waals surface area contributed by atoms with Gasteiger partial charge in [0.05, 0.1) is 28.0 Å². The van der Waals surface area contributed by atoms with Gasteiger partial charge in [-0.3, -0.25) is 14.7 Å². The van der Waals surface area contributed by atoms with Crippen LogP contribution in [0.15, 0.2) is 48.1 Å². The maximum Gasteiger partial charge on any atom is 0.251 e. The molecule has 0 radical (unpaired) electrons. The number of nitrogens with zero attached hydrogens (tertiary/aromatic N) is 5. The van der Waals surface area contributed by atoms with E-state index in [1.165, 1.54) is 0 Å². The summed E-state index contributed by atoms with van der Waals surface area (Å²) in [6.45, 7) is 13.1. The molecular formula is C26H32N6OS. The second-order valence-corrected chi connectivity index (χ2v) is 9.67. The minimum absolute atomic E-state index is 0.0896. The molecule has 0 aliphatic carbocycles. The molecule has 4 aromatic rings. The van der Waals surface area contributed by atoms with Crippen LogP contribution in [0.4, 0.5) is 0 Å². The number of carbonyl (C=O) groups is 1. The Bertz CT molecular complexity index is 1260. The molecule has 0 bridgehead atoms. The third-order valence-corrected chi connectivity index (χ3v) is 7.00. The Morgan fingerprint density at radius 3 is 2.59 bits per heavy atom. The van der Waals surface area contributed by atoms with E-state index in [9.17, 15) is 4.79 Å². The number of aromatic nitrogens is 4. The second kappa shape index (κ2) is 10.4. The van der Waals surface area contributed by atoms with E-state index in [1.54, 1.807) is 22.0 Å². The fourth-order valence-electron chi connectivity index (χ4n) is 4.05. The highest BCUT2D eigenvalue weighted by atomic mass is 32.1. The number of hydrogen-bond acceptors (Lipinski definition) is 6. The molecule has 1 atom stereocenters. The van der Waals surface area contributed by atoms with Gasteiger partial charge in [-0.25, -0.2) is 9.50 Å². The number of rotatable bonds is 9. The topological polar surface area (TPSA) is 75.4 Å². The summed E-state index contributed by atoms with van der Waals surface area (Å²) in [7, 11) is 0. The Balaban J connectivity index is 1.68. The predicted octanol–water partition coefficient (Wildman–Crippen LogP) is 5.10. The number of amides is 1. The lowest BCUT2D eigenvalue weighted by Crippen LogP contribution is -2.42. The fraction of sp³-hybridized carbons (Fsp3) is 0.385. The third-order valence-electron chi connectivity index (χ3n) is 6.11. The minimum Gasteiger partial charge on any atom is -0.350 e. The van der Waals surface area contributed by atoms with Crippen LogP contribution in [-0.4, -0.2) is 56.1 Å². The minimum atomic E-state index is -0.0896. The Hall–Kier alpha value is -3.10. The summed E-state index contributed by atoms with van der Waals surface area (Å²) in [5, 5.41) is 9.62. The molecular weight excluding hydrogens is 444 g/mol. The van der Waals surface area contributed by atoms with E-state index >= 15 is 0 Å². The number of carbonyl (C=O) groups excluding carboxylic acids is 1. The Kier molecular flexibility index (Phi) is 7.38. The van der Waals surface area contributed by atoms with Crippen molar-refractivity contribution in [2.45, 2.75) is 46.6 Å². The molecule has 0 aliphatic rings. The van der Waals surface area contributed by atoms with Crippen molar-refractivity contribution in [2.24, 2.45) is 0 Å². The van der Waals surface area contributed by atoms with Crippen LogP contribution >= 0.6 is 11.3 Å². The molecule has 0 aliphatic heterocycles. The van der Waals surface area contributed by atoms with Crippen molar-refractivity contribution >= 4 is 22.9 Å². The summed E-state index contributed by atoms with van der Waals surface area (Å²) in [4.78, 5) is 26.3. The van der Waals surface area contributed by atoms with Crippen LogP contribution in [0.3, 0.4) is 0 Å². The Morgan fingerprint density at radius 2 is 1.91 bits per heavy atom. The Labute approximate surface area is 204 Å². The quantitative estimate of drug-likeness (QED) is 0.364. The van der Waals surface area contributed by atoms with E-state index in [0.717, 1.165) is 40.6 Å². The zero-order valence-corrected chi connectivity index (χ0v) is 21.3. The average molecular weight is 477 g/mol. The van der Waals surface area contributed by atoms with E-state index in [0.29, 0.717) is 17.8 Å². The molecule has 34 heavy (non-hydrogen) atoms. The number of fused-ring (bicyclic) bond motifs is 1. The summed E-state index contributed by atoms with van der Waals surface area (Å²) in [5.41, 5.74) is 4.61. The van der Waals surface area contributed by atoms with Gasteiger partial charge in [-0.15, -0.1) is 11.3 Å². The van der Waals surface area contributed by atoms with Crippen LogP contribution < -0.4 is 5.32 Å². The van der Waals surface area contributed by atoms with Crippen LogP contribution in [0.25, 0.3) is 27.5 Å². The van der Waals surface area contributed by atoms with E-state index in [4.69, 9.17) is 9.97 Å². The van der Waals surface area contributed by atoms with Crippen molar-refractivity contribution in [1.82, 2.24) is 29.8 Å². The molecule has 1 amide bonds. The molecule has 0 fully saturated rings. The smallest absolute Gasteiger partial charge is 0.251 e. The van der Waals surface area contributed by atoms with Gasteiger partial charge in [-0.05, 0) is 55.6 Å². The molecule has 4 heterocycles. The molecule has 4 aromatic heterocycles. The highest BCUT2D eigenvalue weighted by Crippen LogP contribution is 2.28.